The number of hydrogen-bond donors (Lipinski definition) is 2. The van der Waals surface area contributed by atoms with Crippen LogP contribution < -0.4 is 0 Å². The molecular formula is C11H10Cl2O5S. The summed E-state index contributed by atoms with van der Waals surface area (Å²) in [6, 6.07) is 3.82. The van der Waals surface area contributed by atoms with Gasteiger partial charge in [0.1, 0.15) is 0 Å². The summed E-state index contributed by atoms with van der Waals surface area (Å²) >= 11 is 11.5. The van der Waals surface area contributed by atoms with Crippen LogP contribution in [0, 0.1) is 0 Å². The normalized spacial score (nSPS) is 26.8. The summed E-state index contributed by atoms with van der Waals surface area (Å²) in [6.45, 7) is 0. The lowest BCUT2D eigenvalue weighted by Crippen LogP contribution is -2.58. The quantitative estimate of drug-likeness (QED) is 0.883. The van der Waals surface area contributed by atoms with E-state index >= 15 is 0 Å². The van der Waals surface area contributed by atoms with E-state index in [-0.39, 0.29) is 27.8 Å². The minimum absolute atomic E-state index is 0.0913. The molecule has 0 atom stereocenters. The molecule has 1 aromatic rings. The Kier molecular flexibility index (Phi) is 3.55. The van der Waals surface area contributed by atoms with Crippen LogP contribution in [-0.2, 0) is 14.6 Å². The van der Waals surface area contributed by atoms with E-state index in [1.54, 1.807) is 0 Å². The van der Waals surface area contributed by atoms with Gasteiger partial charge in [0.15, 0.2) is 14.6 Å². The van der Waals surface area contributed by atoms with Crippen molar-refractivity contribution in [1.82, 2.24) is 0 Å². The van der Waals surface area contributed by atoms with Crippen LogP contribution in [0.5, 0.6) is 0 Å². The van der Waals surface area contributed by atoms with Crippen LogP contribution in [0.4, 0.5) is 0 Å². The van der Waals surface area contributed by atoms with Gasteiger partial charge >= 0.3 is 5.97 Å². The highest BCUT2D eigenvalue weighted by molar-refractivity contribution is 7.93. The first-order valence-electron chi connectivity index (χ1n) is 5.32. The number of aliphatic hydroxyl groups is 1. The number of benzene rings is 1. The summed E-state index contributed by atoms with van der Waals surface area (Å²) in [6.07, 6.45) is -1.65. The van der Waals surface area contributed by atoms with Crippen molar-refractivity contribution in [1.29, 1.82) is 0 Å². The second-order valence-corrected chi connectivity index (χ2v) is 7.51. The maximum atomic E-state index is 12.5. The molecule has 5 nitrogen and oxygen atoms in total. The predicted molar refractivity (Wildman–Crippen MR) is 69.3 cm³/mol. The van der Waals surface area contributed by atoms with E-state index in [0.29, 0.717) is 0 Å². The van der Waals surface area contributed by atoms with Crippen molar-refractivity contribution in [2.24, 2.45) is 0 Å². The number of aliphatic carboxylic acids is 1. The summed E-state index contributed by atoms with van der Waals surface area (Å²) in [5, 5.41) is 18.5. The van der Waals surface area contributed by atoms with Crippen LogP contribution in [0.1, 0.15) is 12.8 Å². The minimum atomic E-state index is -4.23. The highest BCUT2D eigenvalue weighted by Crippen LogP contribution is 2.45. The first kappa shape index (κ1) is 14.6. The molecule has 0 heterocycles. The van der Waals surface area contributed by atoms with Gasteiger partial charge in [-0.05, 0) is 18.2 Å². The molecule has 8 heteroatoms. The highest BCUT2D eigenvalue weighted by Gasteiger charge is 2.60. The van der Waals surface area contributed by atoms with Gasteiger partial charge in [-0.25, -0.2) is 8.42 Å². The fourth-order valence-electron chi connectivity index (χ4n) is 2.10. The smallest absolute Gasteiger partial charge is 0.325 e. The molecule has 0 saturated heterocycles. The number of carboxylic acids is 1. The second-order valence-electron chi connectivity index (χ2n) is 4.44. The summed E-state index contributed by atoms with van der Waals surface area (Å²) in [4.78, 5) is 11.0. The van der Waals surface area contributed by atoms with Gasteiger partial charge in [0.2, 0.25) is 0 Å². The van der Waals surface area contributed by atoms with Gasteiger partial charge < -0.3 is 10.2 Å². The van der Waals surface area contributed by atoms with Gasteiger partial charge in [0, 0.05) is 17.9 Å². The average molecular weight is 325 g/mol. The number of aliphatic hydroxyl groups excluding tert-OH is 1. The topological polar surface area (TPSA) is 91.7 Å². The Bertz CT molecular complexity index is 634. The van der Waals surface area contributed by atoms with Gasteiger partial charge in [-0.2, -0.15) is 0 Å². The largest absolute Gasteiger partial charge is 0.480 e. The Labute approximate surface area is 119 Å². The van der Waals surface area contributed by atoms with Gasteiger partial charge in [-0.1, -0.05) is 23.2 Å². The molecule has 0 unspecified atom stereocenters. The van der Waals surface area contributed by atoms with Crippen LogP contribution in [0.15, 0.2) is 23.1 Å². The first-order valence-corrected chi connectivity index (χ1v) is 7.56. The van der Waals surface area contributed by atoms with E-state index in [2.05, 4.69) is 0 Å². The van der Waals surface area contributed by atoms with Crippen LogP contribution >= 0.6 is 23.2 Å². The maximum absolute atomic E-state index is 12.5. The van der Waals surface area contributed by atoms with Crippen molar-refractivity contribution < 1.29 is 23.4 Å². The minimum Gasteiger partial charge on any atom is -0.480 e. The molecule has 0 amide bonds. The van der Waals surface area contributed by atoms with Crippen molar-refractivity contribution in [3.05, 3.63) is 28.2 Å². The monoisotopic (exact) mass is 324 g/mol. The zero-order valence-corrected chi connectivity index (χ0v) is 11.8. The molecule has 2 N–H and O–H groups in total. The molecule has 0 aromatic heterocycles. The zero-order valence-electron chi connectivity index (χ0n) is 9.51. The molecule has 104 valence electrons. The zero-order chi connectivity index (χ0) is 14.4. The molecule has 19 heavy (non-hydrogen) atoms. The first-order chi connectivity index (χ1) is 8.70. The molecule has 2 rings (SSSR count). The standard InChI is InChI=1S/C11H10Cl2O5S/c12-6-1-2-8(13)9(3-6)19(17,18)11(10(15)16)4-7(14)5-11/h1-3,7,14H,4-5H2,(H,15,16). The molecular weight excluding hydrogens is 315 g/mol. The van der Waals surface area contributed by atoms with Crippen LogP contribution in [0.2, 0.25) is 10.0 Å². The maximum Gasteiger partial charge on any atom is 0.325 e. The predicted octanol–water partition coefficient (Wildman–Crippen LogP) is 1.75. The third kappa shape index (κ3) is 2.12. The van der Waals surface area contributed by atoms with Crippen molar-refractivity contribution in [3.8, 4) is 0 Å². The van der Waals surface area contributed by atoms with E-state index in [4.69, 9.17) is 23.2 Å². The molecule has 1 aliphatic carbocycles. The molecule has 0 bridgehead atoms. The highest BCUT2D eigenvalue weighted by atomic mass is 35.5. The lowest BCUT2D eigenvalue weighted by atomic mass is 9.81. The number of hydrogen-bond acceptors (Lipinski definition) is 4. The van der Waals surface area contributed by atoms with Crippen molar-refractivity contribution >= 4 is 39.0 Å². The van der Waals surface area contributed by atoms with Gasteiger partial charge in [-0.15, -0.1) is 0 Å². The third-order valence-electron chi connectivity index (χ3n) is 3.22. The summed E-state index contributed by atoms with van der Waals surface area (Å²) < 4.78 is 22.9. The number of rotatable bonds is 3. The summed E-state index contributed by atoms with van der Waals surface area (Å²) in [7, 11) is -4.23. The third-order valence-corrected chi connectivity index (χ3v) is 6.35. The van der Waals surface area contributed by atoms with E-state index < -0.39 is 26.7 Å². The van der Waals surface area contributed by atoms with E-state index in [1.807, 2.05) is 0 Å². The molecule has 1 aliphatic rings. The van der Waals surface area contributed by atoms with Crippen molar-refractivity contribution in [2.75, 3.05) is 0 Å². The molecule has 0 spiro atoms. The molecule has 1 saturated carbocycles. The van der Waals surface area contributed by atoms with E-state index in [9.17, 15) is 23.4 Å². The Morgan fingerprint density at radius 2 is 1.89 bits per heavy atom. The summed E-state index contributed by atoms with van der Waals surface area (Å²) in [5.74, 6) is -1.49. The number of halogens is 2. The summed E-state index contributed by atoms with van der Waals surface area (Å²) in [5.41, 5.74) is 0. The van der Waals surface area contributed by atoms with Gasteiger partial charge in [-0.3, -0.25) is 4.79 Å². The lowest BCUT2D eigenvalue weighted by Gasteiger charge is -2.40. The molecule has 1 fully saturated rings. The molecule has 0 aliphatic heterocycles. The van der Waals surface area contributed by atoms with Crippen LogP contribution in [0.3, 0.4) is 0 Å². The fourth-order valence-corrected chi connectivity index (χ4v) is 4.84. The Morgan fingerprint density at radius 3 is 2.37 bits per heavy atom. The number of sulfone groups is 1. The Morgan fingerprint density at radius 1 is 1.32 bits per heavy atom. The molecule has 0 radical (unpaired) electrons. The molecule has 1 aromatic carbocycles. The fraction of sp³-hybridized carbons (Fsp3) is 0.364. The SMILES string of the molecule is O=C(O)C1(S(=O)(=O)c2cc(Cl)ccc2Cl)CC(O)C1. The van der Waals surface area contributed by atoms with Gasteiger partial charge in [0.25, 0.3) is 0 Å². The Balaban J connectivity index is 2.59. The van der Waals surface area contributed by atoms with Crippen molar-refractivity contribution in [2.45, 2.75) is 28.6 Å². The van der Waals surface area contributed by atoms with E-state index in [1.165, 1.54) is 12.1 Å². The second kappa shape index (κ2) is 4.63. The average Bonchev–Trinajstić information content (AvgIpc) is 2.27. The van der Waals surface area contributed by atoms with Gasteiger partial charge in [0.05, 0.1) is 16.0 Å². The lowest BCUT2D eigenvalue weighted by molar-refractivity contribution is -0.146. The van der Waals surface area contributed by atoms with E-state index in [0.717, 1.165) is 6.07 Å². The number of carboxylic acid groups (broad SMARTS) is 1. The Hall–Kier alpha value is -0.820. The van der Waals surface area contributed by atoms with Crippen molar-refractivity contribution in [3.63, 3.8) is 0 Å². The van der Waals surface area contributed by atoms with Crippen LogP contribution in [-0.4, -0.2) is 35.5 Å². The number of carbonyl (C=O) groups is 1. The van der Waals surface area contributed by atoms with Crippen LogP contribution in [0.25, 0.3) is 0 Å².